The molecule has 4 rings (SSSR count). The van der Waals surface area contributed by atoms with Crippen molar-refractivity contribution in [2.45, 2.75) is 25.7 Å². The van der Waals surface area contributed by atoms with E-state index in [9.17, 15) is 0 Å². The van der Waals surface area contributed by atoms with Gasteiger partial charge >= 0.3 is 0 Å². The van der Waals surface area contributed by atoms with Gasteiger partial charge in [0.25, 0.3) is 0 Å². The zero-order valence-corrected chi connectivity index (χ0v) is 19.5. The van der Waals surface area contributed by atoms with Crippen molar-refractivity contribution in [1.29, 1.82) is 0 Å². The first-order chi connectivity index (χ1) is 16.8. The maximum absolute atomic E-state index is 5.88. The normalized spacial score (nSPS) is 10.5. The van der Waals surface area contributed by atoms with Crippen molar-refractivity contribution in [3.05, 3.63) is 109 Å². The predicted molar refractivity (Wildman–Crippen MR) is 142 cm³/mol. The van der Waals surface area contributed by atoms with Gasteiger partial charge in [-0.05, 0) is 98.5 Å². The van der Waals surface area contributed by atoms with E-state index in [1.807, 2.05) is 84.9 Å². The van der Waals surface area contributed by atoms with Crippen LogP contribution < -0.4 is 20.1 Å². The van der Waals surface area contributed by atoms with Crippen LogP contribution in [0, 0.1) is 0 Å². The molecular formula is C30H32N2O2. The Morgan fingerprint density at radius 1 is 0.382 bits per heavy atom. The Labute approximate surface area is 202 Å². The van der Waals surface area contributed by atoms with Crippen LogP contribution in [0.15, 0.2) is 109 Å². The number of rotatable bonds is 13. The number of nitrogens with one attached hydrogen (secondary N) is 2. The Morgan fingerprint density at radius 3 is 1.12 bits per heavy atom. The monoisotopic (exact) mass is 452 g/mol. The molecule has 0 amide bonds. The lowest BCUT2D eigenvalue weighted by atomic mass is 10.2. The maximum atomic E-state index is 5.88. The number of hydrogen-bond acceptors (Lipinski definition) is 4. The highest BCUT2D eigenvalue weighted by Gasteiger charge is 1.99. The number of hydrogen-bond donors (Lipinski definition) is 2. The van der Waals surface area contributed by atoms with Crippen LogP contribution in [-0.4, -0.2) is 13.2 Å². The van der Waals surface area contributed by atoms with Crippen LogP contribution in [-0.2, 0) is 0 Å². The first kappa shape index (κ1) is 23.2. The quantitative estimate of drug-likeness (QED) is 0.201. The highest BCUT2D eigenvalue weighted by molar-refractivity contribution is 5.60. The van der Waals surface area contributed by atoms with Crippen LogP contribution in [0.3, 0.4) is 0 Å². The Kier molecular flexibility index (Phi) is 8.85. The molecule has 0 bridgehead atoms. The molecule has 0 spiro atoms. The lowest BCUT2D eigenvalue weighted by molar-refractivity contribution is 0.287. The highest BCUT2D eigenvalue weighted by atomic mass is 16.5. The van der Waals surface area contributed by atoms with Gasteiger partial charge in [0.1, 0.15) is 11.5 Å². The number of anilines is 4. The summed E-state index contributed by atoms with van der Waals surface area (Å²) in [5.74, 6) is 1.82. The largest absolute Gasteiger partial charge is 0.494 e. The summed E-state index contributed by atoms with van der Waals surface area (Å²) in [4.78, 5) is 0. The Hall–Kier alpha value is -3.92. The molecular weight excluding hydrogens is 420 g/mol. The second kappa shape index (κ2) is 12.9. The molecule has 2 N–H and O–H groups in total. The first-order valence-electron chi connectivity index (χ1n) is 11.9. The first-order valence-corrected chi connectivity index (χ1v) is 11.9. The number of benzene rings is 4. The molecule has 4 aromatic carbocycles. The van der Waals surface area contributed by atoms with E-state index < -0.39 is 0 Å². The van der Waals surface area contributed by atoms with Crippen LogP contribution in [0.25, 0.3) is 0 Å². The summed E-state index contributed by atoms with van der Waals surface area (Å²) in [5.41, 5.74) is 4.27. The van der Waals surface area contributed by atoms with Gasteiger partial charge in [-0.1, -0.05) is 36.4 Å². The molecule has 0 aliphatic rings. The van der Waals surface area contributed by atoms with Gasteiger partial charge in [-0.3, -0.25) is 0 Å². The molecule has 0 heterocycles. The SMILES string of the molecule is c1ccc(Nc2ccc(OCCCCCCOc3ccc(Nc4ccccc4)cc3)cc2)cc1. The van der Waals surface area contributed by atoms with E-state index >= 15 is 0 Å². The zero-order valence-electron chi connectivity index (χ0n) is 19.5. The average molecular weight is 453 g/mol. The molecule has 0 aliphatic carbocycles. The van der Waals surface area contributed by atoms with Gasteiger partial charge in [-0.2, -0.15) is 0 Å². The van der Waals surface area contributed by atoms with E-state index in [2.05, 4.69) is 34.9 Å². The molecule has 4 heteroatoms. The van der Waals surface area contributed by atoms with Gasteiger partial charge in [0, 0.05) is 22.7 Å². The molecule has 4 aromatic rings. The van der Waals surface area contributed by atoms with Crippen molar-refractivity contribution in [2.24, 2.45) is 0 Å². The third-order valence-corrected chi connectivity index (χ3v) is 5.41. The van der Waals surface area contributed by atoms with Gasteiger partial charge in [-0.25, -0.2) is 0 Å². The summed E-state index contributed by atoms with van der Waals surface area (Å²) < 4.78 is 11.8. The van der Waals surface area contributed by atoms with E-state index in [-0.39, 0.29) is 0 Å². The minimum Gasteiger partial charge on any atom is -0.494 e. The van der Waals surface area contributed by atoms with Crippen molar-refractivity contribution in [1.82, 2.24) is 0 Å². The van der Waals surface area contributed by atoms with E-state index in [0.717, 1.165) is 73.1 Å². The average Bonchev–Trinajstić information content (AvgIpc) is 2.89. The second-order valence-electron chi connectivity index (χ2n) is 8.14. The molecule has 4 nitrogen and oxygen atoms in total. The summed E-state index contributed by atoms with van der Waals surface area (Å²) in [6, 6.07) is 36.6. The number of ether oxygens (including phenoxy) is 2. The predicted octanol–water partition coefficient (Wildman–Crippen LogP) is 8.19. The third-order valence-electron chi connectivity index (χ3n) is 5.41. The molecule has 0 aliphatic heterocycles. The van der Waals surface area contributed by atoms with Gasteiger partial charge in [0.05, 0.1) is 13.2 Å². The van der Waals surface area contributed by atoms with Gasteiger partial charge < -0.3 is 20.1 Å². The second-order valence-corrected chi connectivity index (χ2v) is 8.14. The van der Waals surface area contributed by atoms with E-state index in [1.165, 1.54) is 0 Å². The zero-order chi connectivity index (χ0) is 23.3. The van der Waals surface area contributed by atoms with Crippen molar-refractivity contribution >= 4 is 22.7 Å². The molecule has 0 saturated carbocycles. The van der Waals surface area contributed by atoms with E-state index in [0.29, 0.717) is 0 Å². The Morgan fingerprint density at radius 2 is 0.735 bits per heavy atom. The van der Waals surface area contributed by atoms with Gasteiger partial charge in [0.2, 0.25) is 0 Å². The van der Waals surface area contributed by atoms with Crippen LogP contribution in [0.4, 0.5) is 22.7 Å². The molecule has 0 aromatic heterocycles. The Bertz CT molecular complexity index is 991. The fourth-order valence-corrected chi connectivity index (χ4v) is 3.58. The van der Waals surface area contributed by atoms with E-state index in [4.69, 9.17) is 9.47 Å². The van der Waals surface area contributed by atoms with Crippen molar-refractivity contribution in [3.63, 3.8) is 0 Å². The molecule has 0 radical (unpaired) electrons. The third kappa shape index (κ3) is 7.89. The smallest absolute Gasteiger partial charge is 0.119 e. The molecule has 34 heavy (non-hydrogen) atoms. The Balaban J connectivity index is 1.05. The van der Waals surface area contributed by atoms with Crippen LogP contribution in [0.1, 0.15) is 25.7 Å². The standard InChI is InChI=1S/C30H32N2O2/c1(9-23-33-29-19-15-27(16-20-29)31-25-11-5-3-6-12-25)2-10-24-34-30-21-17-28(18-22-30)32-26-13-7-4-8-14-26/h3-8,11-22,31-32H,1-2,9-10,23-24H2. The fraction of sp³-hybridized carbons (Fsp3) is 0.200. The van der Waals surface area contributed by atoms with E-state index in [1.54, 1.807) is 0 Å². The van der Waals surface area contributed by atoms with Crippen LogP contribution >= 0.6 is 0 Å². The molecule has 0 unspecified atom stereocenters. The molecule has 0 saturated heterocycles. The van der Waals surface area contributed by atoms with Crippen LogP contribution in [0.2, 0.25) is 0 Å². The topological polar surface area (TPSA) is 42.5 Å². The number of unbranched alkanes of at least 4 members (excludes halogenated alkanes) is 3. The lowest BCUT2D eigenvalue weighted by Crippen LogP contribution is -2.00. The van der Waals surface area contributed by atoms with Crippen LogP contribution in [0.5, 0.6) is 11.5 Å². The summed E-state index contributed by atoms with van der Waals surface area (Å²) in [6.07, 6.45) is 4.36. The highest BCUT2D eigenvalue weighted by Crippen LogP contribution is 2.21. The van der Waals surface area contributed by atoms with Crippen molar-refractivity contribution in [3.8, 4) is 11.5 Å². The summed E-state index contributed by atoms with van der Waals surface area (Å²) in [5, 5.41) is 6.76. The molecule has 0 fully saturated rings. The van der Waals surface area contributed by atoms with Crippen molar-refractivity contribution in [2.75, 3.05) is 23.8 Å². The molecule has 174 valence electrons. The van der Waals surface area contributed by atoms with Crippen molar-refractivity contribution < 1.29 is 9.47 Å². The lowest BCUT2D eigenvalue weighted by Gasteiger charge is -2.10. The summed E-state index contributed by atoms with van der Waals surface area (Å²) in [6.45, 7) is 1.48. The summed E-state index contributed by atoms with van der Waals surface area (Å²) >= 11 is 0. The maximum Gasteiger partial charge on any atom is 0.119 e. The van der Waals surface area contributed by atoms with Gasteiger partial charge in [-0.15, -0.1) is 0 Å². The fourth-order valence-electron chi connectivity index (χ4n) is 3.58. The minimum absolute atomic E-state index is 0.738. The summed E-state index contributed by atoms with van der Waals surface area (Å²) in [7, 11) is 0. The van der Waals surface area contributed by atoms with Gasteiger partial charge in [0.15, 0.2) is 0 Å². The molecule has 0 atom stereocenters. The number of para-hydroxylation sites is 2. The minimum atomic E-state index is 0.738.